The lowest BCUT2D eigenvalue weighted by atomic mass is 10.1. The first kappa shape index (κ1) is 14.2. The van der Waals surface area contributed by atoms with Gasteiger partial charge in [-0.2, -0.15) is 0 Å². The van der Waals surface area contributed by atoms with Crippen molar-refractivity contribution in [2.75, 3.05) is 6.61 Å². The minimum atomic E-state index is -0.271. The monoisotopic (exact) mass is 272 g/mol. The Bertz CT molecular complexity index is 301. The molecule has 0 aromatic heterocycles. The molecule has 0 saturated heterocycles. The quantitative estimate of drug-likeness (QED) is 0.762. The van der Waals surface area contributed by atoms with Crippen LogP contribution in [0.15, 0.2) is 22.7 Å². The van der Waals surface area contributed by atoms with E-state index in [0.29, 0.717) is 12.2 Å². The average Bonchev–Trinajstić information content (AvgIpc) is 2.21. The van der Waals surface area contributed by atoms with Gasteiger partial charge in [0.25, 0.3) is 0 Å². The van der Waals surface area contributed by atoms with Crippen LogP contribution in [0.25, 0.3) is 0 Å². The molecule has 1 aromatic carbocycles. The number of ether oxygens (including phenoxy) is 1. The van der Waals surface area contributed by atoms with Crippen LogP contribution in [0.4, 0.5) is 0 Å². The summed E-state index contributed by atoms with van der Waals surface area (Å²) in [4.78, 5) is 11.4. The fraction of sp³-hybridized carbons (Fsp3) is 0.417. The van der Waals surface area contributed by atoms with E-state index in [9.17, 15) is 4.79 Å². The Morgan fingerprint density at radius 3 is 2.47 bits per heavy atom. The normalized spacial score (nSPS) is 8.87. The zero-order chi connectivity index (χ0) is 11.8. The lowest BCUT2D eigenvalue weighted by Gasteiger charge is -2.06. The average molecular weight is 273 g/mol. The highest BCUT2D eigenvalue weighted by molar-refractivity contribution is 9.10. The van der Waals surface area contributed by atoms with E-state index in [2.05, 4.69) is 15.9 Å². The molecule has 0 fully saturated rings. The largest absolute Gasteiger partial charge is 0.462 e. The molecular weight excluding hydrogens is 256 g/mol. The fourth-order valence-corrected chi connectivity index (χ4v) is 1.72. The Kier molecular flexibility index (Phi) is 7.05. The predicted molar refractivity (Wildman–Crippen MR) is 66.2 cm³/mol. The molecular formula is C12H17BrO2. The Balaban J connectivity index is 0.000000921. The third-order valence-corrected chi connectivity index (χ3v) is 2.36. The lowest BCUT2D eigenvalue weighted by Crippen LogP contribution is -2.07. The molecule has 3 heteroatoms. The number of esters is 1. The summed E-state index contributed by atoms with van der Waals surface area (Å²) in [6.45, 7) is 8.08. The second-order valence-electron chi connectivity index (χ2n) is 2.65. The minimum Gasteiger partial charge on any atom is -0.462 e. The van der Waals surface area contributed by atoms with E-state index in [1.165, 1.54) is 0 Å². The smallest absolute Gasteiger partial charge is 0.339 e. The Morgan fingerprint density at radius 2 is 2.00 bits per heavy atom. The van der Waals surface area contributed by atoms with Crippen LogP contribution in [0.1, 0.15) is 36.7 Å². The standard InChI is InChI=1S/C10H11BrO2.C2H6/c1-3-13-10(12)9-7(2)5-4-6-8(9)11;1-2/h4-6H,3H2,1-2H3;1-2H3. The van der Waals surface area contributed by atoms with Crippen molar-refractivity contribution >= 4 is 21.9 Å². The van der Waals surface area contributed by atoms with Gasteiger partial charge in [-0.1, -0.05) is 26.0 Å². The lowest BCUT2D eigenvalue weighted by molar-refractivity contribution is 0.0524. The first-order valence-electron chi connectivity index (χ1n) is 5.09. The van der Waals surface area contributed by atoms with Crippen molar-refractivity contribution in [3.63, 3.8) is 0 Å². The molecule has 0 aliphatic heterocycles. The van der Waals surface area contributed by atoms with Crippen molar-refractivity contribution in [3.05, 3.63) is 33.8 Å². The van der Waals surface area contributed by atoms with Gasteiger partial charge >= 0.3 is 5.97 Å². The molecule has 0 bridgehead atoms. The molecule has 0 radical (unpaired) electrons. The molecule has 0 heterocycles. The maximum Gasteiger partial charge on any atom is 0.339 e. The minimum absolute atomic E-state index is 0.271. The van der Waals surface area contributed by atoms with Crippen molar-refractivity contribution < 1.29 is 9.53 Å². The zero-order valence-corrected chi connectivity index (χ0v) is 11.2. The van der Waals surface area contributed by atoms with Gasteiger partial charge in [0.2, 0.25) is 0 Å². The molecule has 0 amide bonds. The van der Waals surface area contributed by atoms with Gasteiger partial charge in [-0.15, -0.1) is 0 Å². The first-order valence-corrected chi connectivity index (χ1v) is 5.88. The summed E-state index contributed by atoms with van der Waals surface area (Å²) in [6, 6.07) is 5.61. The molecule has 0 atom stereocenters. The van der Waals surface area contributed by atoms with E-state index in [-0.39, 0.29) is 5.97 Å². The van der Waals surface area contributed by atoms with E-state index >= 15 is 0 Å². The maximum atomic E-state index is 11.4. The van der Waals surface area contributed by atoms with Gasteiger partial charge in [-0.05, 0) is 41.4 Å². The molecule has 0 unspecified atom stereocenters. The molecule has 2 nitrogen and oxygen atoms in total. The van der Waals surface area contributed by atoms with Crippen LogP contribution in [0.3, 0.4) is 0 Å². The van der Waals surface area contributed by atoms with Crippen LogP contribution in [-0.4, -0.2) is 12.6 Å². The Morgan fingerprint density at radius 1 is 1.40 bits per heavy atom. The number of hydrogen-bond donors (Lipinski definition) is 0. The summed E-state index contributed by atoms with van der Waals surface area (Å²) in [7, 11) is 0. The Hall–Kier alpha value is -0.830. The molecule has 0 N–H and O–H groups in total. The van der Waals surface area contributed by atoms with Gasteiger partial charge < -0.3 is 4.74 Å². The van der Waals surface area contributed by atoms with E-state index in [4.69, 9.17) is 4.74 Å². The molecule has 0 spiro atoms. The van der Waals surface area contributed by atoms with Crippen LogP contribution < -0.4 is 0 Å². The van der Waals surface area contributed by atoms with E-state index in [1.807, 2.05) is 39.0 Å². The molecule has 84 valence electrons. The third kappa shape index (κ3) is 4.04. The van der Waals surface area contributed by atoms with Crippen molar-refractivity contribution in [2.24, 2.45) is 0 Å². The number of carbonyl (C=O) groups is 1. The van der Waals surface area contributed by atoms with Gasteiger partial charge in [0, 0.05) is 4.47 Å². The molecule has 0 saturated carbocycles. The van der Waals surface area contributed by atoms with Crippen molar-refractivity contribution in [1.82, 2.24) is 0 Å². The summed E-state index contributed by atoms with van der Waals surface area (Å²) in [5.41, 5.74) is 1.54. The van der Waals surface area contributed by atoms with Gasteiger partial charge in [-0.3, -0.25) is 0 Å². The predicted octanol–water partition coefficient (Wildman–Crippen LogP) is 3.96. The topological polar surface area (TPSA) is 26.3 Å². The first-order chi connectivity index (χ1) is 7.16. The number of halogens is 1. The van der Waals surface area contributed by atoms with Gasteiger partial charge in [0.1, 0.15) is 0 Å². The van der Waals surface area contributed by atoms with E-state index < -0.39 is 0 Å². The second kappa shape index (κ2) is 7.46. The van der Waals surface area contributed by atoms with Crippen molar-refractivity contribution in [2.45, 2.75) is 27.7 Å². The maximum absolute atomic E-state index is 11.4. The third-order valence-electron chi connectivity index (χ3n) is 1.70. The molecule has 0 aliphatic carbocycles. The van der Waals surface area contributed by atoms with Crippen LogP contribution in [-0.2, 0) is 4.74 Å². The molecule has 1 aromatic rings. The summed E-state index contributed by atoms with van der Waals surface area (Å²) in [5.74, 6) is -0.271. The van der Waals surface area contributed by atoms with Crippen molar-refractivity contribution in [1.29, 1.82) is 0 Å². The Labute approximate surface area is 99.8 Å². The highest BCUT2D eigenvalue weighted by atomic mass is 79.9. The number of aryl methyl sites for hydroxylation is 1. The number of rotatable bonds is 2. The number of benzene rings is 1. The second-order valence-corrected chi connectivity index (χ2v) is 3.51. The van der Waals surface area contributed by atoms with Crippen LogP contribution in [0.2, 0.25) is 0 Å². The van der Waals surface area contributed by atoms with Crippen LogP contribution >= 0.6 is 15.9 Å². The summed E-state index contributed by atoms with van der Waals surface area (Å²) >= 11 is 3.32. The zero-order valence-electron chi connectivity index (χ0n) is 9.63. The summed E-state index contributed by atoms with van der Waals surface area (Å²) < 4.78 is 5.70. The van der Waals surface area contributed by atoms with Gasteiger partial charge in [-0.25, -0.2) is 4.79 Å². The summed E-state index contributed by atoms with van der Waals surface area (Å²) in [5, 5.41) is 0. The van der Waals surface area contributed by atoms with Gasteiger partial charge in [0.15, 0.2) is 0 Å². The van der Waals surface area contributed by atoms with Crippen LogP contribution in [0, 0.1) is 6.92 Å². The van der Waals surface area contributed by atoms with Crippen LogP contribution in [0.5, 0.6) is 0 Å². The highest BCUT2D eigenvalue weighted by Crippen LogP contribution is 2.20. The molecule has 0 aliphatic rings. The molecule has 1 rings (SSSR count). The van der Waals surface area contributed by atoms with E-state index in [1.54, 1.807) is 6.92 Å². The highest BCUT2D eigenvalue weighted by Gasteiger charge is 2.12. The van der Waals surface area contributed by atoms with Crippen molar-refractivity contribution in [3.8, 4) is 0 Å². The molecule has 15 heavy (non-hydrogen) atoms. The SMILES string of the molecule is CC.CCOC(=O)c1c(C)cccc1Br. The summed E-state index contributed by atoms with van der Waals surface area (Å²) in [6.07, 6.45) is 0. The number of hydrogen-bond acceptors (Lipinski definition) is 2. The van der Waals surface area contributed by atoms with Gasteiger partial charge in [0.05, 0.1) is 12.2 Å². The number of carbonyl (C=O) groups excluding carboxylic acids is 1. The fourth-order valence-electron chi connectivity index (χ4n) is 1.09. The van der Waals surface area contributed by atoms with E-state index in [0.717, 1.165) is 10.0 Å².